The number of nitrogens with zero attached hydrogens (tertiary/aromatic N) is 1. The van der Waals surface area contributed by atoms with Gasteiger partial charge in [0.15, 0.2) is 0 Å². The van der Waals surface area contributed by atoms with Gasteiger partial charge in [-0.15, -0.1) is 0 Å². The molecule has 1 aliphatic heterocycles. The van der Waals surface area contributed by atoms with E-state index in [-0.39, 0.29) is 11.9 Å². The van der Waals surface area contributed by atoms with Gasteiger partial charge in [-0.1, -0.05) is 48.5 Å². The molecule has 1 amide bonds. The molecule has 1 atom stereocenters. The molecular weight excluding hydrogens is 304 g/mol. The Morgan fingerprint density at radius 3 is 2.42 bits per heavy atom. The van der Waals surface area contributed by atoms with Gasteiger partial charge in [-0.25, -0.2) is 9.79 Å². The number of hydrogen-bond donors (Lipinski definition) is 1. The first-order valence-electron chi connectivity index (χ1n) is 7.90. The van der Waals surface area contributed by atoms with E-state index in [1.807, 2.05) is 48.5 Å². The summed E-state index contributed by atoms with van der Waals surface area (Å²) >= 11 is 0. The maximum absolute atomic E-state index is 11.9. The Bertz CT molecular complexity index is 742. The molecule has 0 spiro atoms. The summed E-state index contributed by atoms with van der Waals surface area (Å²) in [6.07, 6.45) is 0.568. The Labute approximate surface area is 140 Å². The molecule has 0 aromatic heterocycles. The molecule has 1 aliphatic rings. The average molecular weight is 322 g/mol. The molecule has 5 heteroatoms. The molecule has 1 unspecified atom stereocenters. The van der Waals surface area contributed by atoms with Gasteiger partial charge < -0.3 is 10.1 Å². The molecule has 5 nitrogen and oxygen atoms in total. The van der Waals surface area contributed by atoms with Crippen LogP contribution in [0.3, 0.4) is 0 Å². The summed E-state index contributed by atoms with van der Waals surface area (Å²) in [6, 6.07) is 18.5. The molecule has 24 heavy (non-hydrogen) atoms. The fraction of sp³-hybridized carbons (Fsp3) is 0.211. The van der Waals surface area contributed by atoms with Gasteiger partial charge in [-0.05, 0) is 25.0 Å². The van der Waals surface area contributed by atoms with Gasteiger partial charge in [-0.2, -0.15) is 0 Å². The second-order valence-electron chi connectivity index (χ2n) is 5.47. The Balaban J connectivity index is 1.48. The molecule has 0 aliphatic carbocycles. The van der Waals surface area contributed by atoms with Gasteiger partial charge in [0.05, 0.1) is 0 Å². The van der Waals surface area contributed by atoms with E-state index in [9.17, 15) is 9.59 Å². The quantitative estimate of drug-likeness (QED) is 0.657. The minimum Gasteiger partial charge on any atom is -0.431 e. The maximum Gasteiger partial charge on any atom is 0.354 e. The van der Waals surface area contributed by atoms with Crippen LogP contribution in [0.5, 0.6) is 0 Å². The van der Waals surface area contributed by atoms with Crippen LogP contribution in [0.1, 0.15) is 35.0 Å². The standard InChI is InChI=1S/C19H18N2O3/c22-17(14-8-3-1-4-9-14)20-13-7-12-16-19(23)24-18(21-16)15-10-5-2-6-11-15/h1-6,8-11,18H,7,12-13H2,(H,20,22). The van der Waals surface area contributed by atoms with Crippen LogP contribution in [0, 0.1) is 0 Å². The van der Waals surface area contributed by atoms with Crippen molar-refractivity contribution in [1.82, 2.24) is 5.32 Å². The Kier molecular flexibility index (Phi) is 5.01. The van der Waals surface area contributed by atoms with Gasteiger partial charge in [0.2, 0.25) is 6.23 Å². The van der Waals surface area contributed by atoms with Crippen LogP contribution in [0.4, 0.5) is 0 Å². The number of benzene rings is 2. The van der Waals surface area contributed by atoms with Crippen LogP contribution in [0.25, 0.3) is 0 Å². The van der Waals surface area contributed by atoms with Gasteiger partial charge in [0, 0.05) is 17.7 Å². The van der Waals surface area contributed by atoms with Crippen molar-refractivity contribution < 1.29 is 14.3 Å². The molecule has 3 rings (SSSR count). The van der Waals surface area contributed by atoms with Crippen LogP contribution in [-0.2, 0) is 9.53 Å². The van der Waals surface area contributed by atoms with Crippen molar-refractivity contribution >= 4 is 17.6 Å². The smallest absolute Gasteiger partial charge is 0.354 e. The summed E-state index contributed by atoms with van der Waals surface area (Å²) < 4.78 is 5.28. The van der Waals surface area contributed by atoms with E-state index in [0.717, 1.165) is 5.56 Å². The number of nitrogens with one attached hydrogen (secondary N) is 1. The summed E-state index contributed by atoms with van der Waals surface area (Å²) in [5.74, 6) is -0.494. The molecule has 0 radical (unpaired) electrons. The zero-order valence-corrected chi connectivity index (χ0v) is 13.1. The third-order valence-electron chi connectivity index (χ3n) is 3.72. The van der Waals surface area contributed by atoms with Crippen LogP contribution < -0.4 is 5.32 Å². The highest BCUT2D eigenvalue weighted by Gasteiger charge is 2.27. The van der Waals surface area contributed by atoms with Crippen molar-refractivity contribution in [2.75, 3.05) is 6.54 Å². The number of rotatable bonds is 6. The largest absolute Gasteiger partial charge is 0.431 e. The first-order valence-corrected chi connectivity index (χ1v) is 7.90. The predicted molar refractivity (Wildman–Crippen MR) is 90.7 cm³/mol. The van der Waals surface area contributed by atoms with E-state index in [2.05, 4.69) is 10.3 Å². The fourth-order valence-corrected chi connectivity index (χ4v) is 2.47. The first-order chi connectivity index (χ1) is 11.7. The summed E-state index contributed by atoms with van der Waals surface area (Å²) in [6.45, 7) is 0.482. The van der Waals surface area contributed by atoms with Crippen molar-refractivity contribution in [2.45, 2.75) is 19.1 Å². The SMILES string of the molecule is O=C1OC(c2ccccc2)N=C1CCCNC(=O)c1ccccc1. The van der Waals surface area contributed by atoms with E-state index in [1.165, 1.54) is 0 Å². The molecule has 0 saturated heterocycles. The van der Waals surface area contributed by atoms with E-state index in [0.29, 0.717) is 30.7 Å². The molecule has 0 bridgehead atoms. The van der Waals surface area contributed by atoms with Crippen molar-refractivity contribution in [2.24, 2.45) is 4.99 Å². The van der Waals surface area contributed by atoms with Crippen molar-refractivity contribution in [3.05, 3.63) is 71.8 Å². The topological polar surface area (TPSA) is 67.8 Å². The second kappa shape index (κ2) is 7.55. The van der Waals surface area contributed by atoms with E-state index < -0.39 is 6.23 Å². The lowest BCUT2D eigenvalue weighted by Crippen LogP contribution is -2.25. The lowest BCUT2D eigenvalue weighted by molar-refractivity contribution is -0.138. The summed E-state index contributed by atoms with van der Waals surface area (Å²) in [5, 5.41) is 2.83. The van der Waals surface area contributed by atoms with Gasteiger partial charge >= 0.3 is 5.97 Å². The molecule has 122 valence electrons. The number of aliphatic imine (C=N–C) groups is 1. The summed E-state index contributed by atoms with van der Waals surface area (Å²) in [5.41, 5.74) is 1.91. The lowest BCUT2D eigenvalue weighted by Gasteiger charge is -2.05. The highest BCUT2D eigenvalue weighted by atomic mass is 16.6. The average Bonchev–Trinajstić information content (AvgIpc) is 3.01. The Morgan fingerprint density at radius 1 is 1.04 bits per heavy atom. The van der Waals surface area contributed by atoms with Crippen LogP contribution >= 0.6 is 0 Å². The summed E-state index contributed by atoms with van der Waals surface area (Å²) in [7, 11) is 0. The normalized spacial score (nSPS) is 16.4. The van der Waals surface area contributed by atoms with E-state index in [1.54, 1.807) is 12.1 Å². The lowest BCUT2D eigenvalue weighted by atomic mass is 10.2. The zero-order chi connectivity index (χ0) is 16.8. The van der Waals surface area contributed by atoms with Gasteiger partial charge in [0.1, 0.15) is 5.71 Å². The monoisotopic (exact) mass is 322 g/mol. The molecule has 2 aromatic carbocycles. The molecule has 1 heterocycles. The van der Waals surface area contributed by atoms with Gasteiger partial charge in [0.25, 0.3) is 5.91 Å². The van der Waals surface area contributed by atoms with Crippen molar-refractivity contribution in [1.29, 1.82) is 0 Å². The third-order valence-corrected chi connectivity index (χ3v) is 3.72. The highest BCUT2D eigenvalue weighted by molar-refractivity contribution is 6.37. The highest BCUT2D eigenvalue weighted by Crippen LogP contribution is 2.25. The van der Waals surface area contributed by atoms with Crippen LogP contribution in [-0.4, -0.2) is 24.1 Å². The summed E-state index contributed by atoms with van der Waals surface area (Å²) in [4.78, 5) is 28.1. The van der Waals surface area contributed by atoms with Crippen LogP contribution in [0.15, 0.2) is 65.7 Å². The number of amides is 1. The van der Waals surface area contributed by atoms with E-state index >= 15 is 0 Å². The number of carbonyl (C=O) groups excluding carboxylic acids is 2. The number of cyclic esters (lactones) is 1. The zero-order valence-electron chi connectivity index (χ0n) is 13.1. The Hall–Kier alpha value is -2.95. The fourth-order valence-electron chi connectivity index (χ4n) is 2.47. The third kappa shape index (κ3) is 3.87. The van der Waals surface area contributed by atoms with Crippen LogP contribution in [0.2, 0.25) is 0 Å². The predicted octanol–water partition coefficient (Wildman–Crippen LogP) is 2.89. The first kappa shape index (κ1) is 15.9. The molecule has 1 N–H and O–H groups in total. The van der Waals surface area contributed by atoms with E-state index in [4.69, 9.17) is 4.74 Å². The number of carbonyl (C=O) groups is 2. The minimum absolute atomic E-state index is 0.117. The molecular formula is C19H18N2O3. The number of esters is 1. The van der Waals surface area contributed by atoms with Crippen molar-refractivity contribution in [3.8, 4) is 0 Å². The number of ether oxygens (including phenoxy) is 1. The number of hydrogen-bond acceptors (Lipinski definition) is 4. The Morgan fingerprint density at radius 2 is 1.71 bits per heavy atom. The van der Waals surface area contributed by atoms with Crippen molar-refractivity contribution in [3.63, 3.8) is 0 Å². The molecule has 2 aromatic rings. The minimum atomic E-state index is -0.549. The second-order valence-corrected chi connectivity index (χ2v) is 5.47. The van der Waals surface area contributed by atoms with Gasteiger partial charge in [-0.3, -0.25) is 4.79 Å². The molecule has 0 fully saturated rings. The molecule has 0 saturated carbocycles. The maximum atomic E-state index is 11.9.